The summed E-state index contributed by atoms with van der Waals surface area (Å²) in [6.45, 7) is 6.66. The minimum atomic E-state index is -2.90. The molecule has 142 valence electrons. The van der Waals surface area contributed by atoms with E-state index in [1.807, 2.05) is 31.4 Å². The Morgan fingerprint density at radius 1 is 1.00 bits per heavy atom. The van der Waals surface area contributed by atoms with E-state index in [0.717, 1.165) is 18.4 Å². The Bertz CT molecular complexity index is 766. The molecule has 0 N–H and O–H groups in total. The summed E-state index contributed by atoms with van der Waals surface area (Å²) in [7, 11) is -3.02. The second-order valence-electron chi connectivity index (χ2n) is 7.00. The van der Waals surface area contributed by atoms with Gasteiger partial charge in [0.2, 0.25) is 0 Å². The minimum Gasteiger partial charge on any atom is -0.420 e. The lowest BCUT2D eigenvalue weighted by molar-refractivity contribution is 0.382. The number of benzene rings is 2. The monoisotopic (exact) mass is 392 g/mol. The SMILES string of the molecule is CCC(CC(c1ccccc1)[Si](C)(C)OC)c1cccc(O[SH](=O)=O)c1. The number of hydrogen-bond donors (Lipinski definition) is 1. The first-order valence-electron chi connectivity index (χ1n) is 8.89. The summed E-state index contributed by atoms with van der Waals surface area (Å²) in [5, 5.41) is 0. The van der Waals surface area contributed by atoms with E-state index in [9.17, 15) is 8.42 Å². The molecular weight excluding hydrogens is 364 g/mol. The second kappa shape index (κ2) is 9.35. The maximum Gasteiger partial charge on any atom is 0.299 e. The molecule has 0 fully saturated rings. The summed E-state index contributed by atoms with van der Waals surface area (Å²) < 4.78 is 32.5. The third kappa shape index (κ3) is 5.43. The Balaban J connectivity index is 2.33. The van der Waals surface area contributed by atoms with Crippen molar-refractivity contribution in [2.45, 2.75) is 44.3 Å². The molecule has 2 atom stereocenters. The van der Waals surface area contributed by atoms with Crippen molar-refractivity contribution in [2.75, 3.05) is 7.11 Å². The van der Waals surface area contributed by atoms with E-state index in [2.05, 4.69) is 44.3 Å². The average Bonchev–Trinajstić information content (AvgIpc) is 2.63. The zero-order chi connectivity index (χ0) is 19.2. The van der Waals surface area contributed by atoms with Crippen LogP contribution in [0.15, 0.2) is 54.6 Å². The third-order valence-electron chi connectivity index (χ3n) is 5.09. The van der Waals surface area contributed by atoms with Crippen LogP contribution in [-0.4, -0.2) is 23.8 Å². The molecule has 0 bridgehead atoms. The molecule has 0 saturated carbocycles. The van der Waals surface area contributed by atoms with Crippen LogP contribution in [0, 0.1) is 0 Å². The predicted octanol–water partition coefficient (Wildman–Crippen LogP) is 4.65. The second-order valence-corrected chi connectivity index (χ2v) is 11.9. The highest BCUT2D eigenvalue weighted by molar-refractivity contribution is 7.67. The highest BCUT2D eigenvalue weighted by Gasteiger charge is 2.35. The summed E-state index contributed by atoms with van der Waals surface area (Å²) in [6, 6.07) is 17.9. The normalized spacial score (nSPS) is 14.2. The van der Waals surface area contributed by atoms with E-state index in [0.29, 0.717) is 17.2 Å². The quantitative estimate of drug-likeness (QED) is 0.498. The number of rotatable bonds is 9. The summed E-state index contributed by atoms with van der Waals surface area (Å²) in [6.07, 6.45) is 1.92. The molecule has 2 unspecified atom stereocenters. The molecule has 2 aromatic carbocycles. The van der Waals surface area contributed by atoms with Gasteiger partial charge in [0.15, 0.2) is 8.32 Å². The Hall–Kier alpha value is -1.63. The van der Waals surface area contributed by atoms with Gasteiger partial charge in [-0.15, -0.1) is 0 Å². The molecule has 2 rings (SSSR count). The summed E-state index contributed by atoms with van der Waals surface area (Å²) in [5.74, 6) is 0.673. The van der Waals surface area contributed by atoms with Gasteiger partial charge in [-0.25, -0.2) is 0 Å². The Morgan fingerprint density at radius 3 is 2.23 bits per heavy atom. The first-order valence-corrected chi connectivity index (χ1v) is 13.0. The topological polar surface area (TPSA) is 52.6 Å². The fourth-order valence-electron chi connectivity index (χ4n) is 3.38. The largest absolute Gasteiger partial charge is 0.420 e. The van der Waals surface area contributed by atoms with Gasteiger partial charge in [0.05, 0.1) is 0 Å². The van der Waals surface area contributed by atoms with Crippen molar-refractivity contribution in [1.82, 2.24) is 0 Å². The maximum atomic E-state index is 10.9. The van der Waals surface area contributed by atoms with Crippen LogP contribution >= 0.6 is 0 Å². The predicted molar refractivity (Wildman–Crippen MR) is 109 cm³/mol. The fraction of sp³-hybridized carbons (Fsp3) is 0.400. The van der Waals surface area contributed by atoms with E-state index < -0.39 is 19.3 Å². The van der Waals surface area contributed by atoms with Crippen LogP contribution in [0.5, 0.6) is 5.75 Å². The highest BCUT2D eigenvalue weighted by Crippen LogP contribution is 2.38. The molecule has 0 saturated heterocycles. The average molecular weight is 393 g/mol. The fourth-order valence-corrected chi connectivity index (χ4v) is 5.80. The van der Waals surface area contributed by atoms with Crippen molar-refractivity contribution in [1.29, 1.82) is 0 Å². The molecule has 0 radical (unpaired) electrons. The lowest BCUT2D eigenvalue weighted by Gasteiger charge is -2.34. The molecule has 2 aromatic rings. The lowest BCUT2D eigenvalue weighted by atomic mass is 9.90. The van der Waals surface area contributed by atoms with Gasteiger partial charge in [-0.1, -0.05) is 49.4 Å². The van der Waals surface area contributed by atoms with Gasteiger partial charge < -0.3 is 8.61 Å². The van der Waals surface area contributed by atoms with Gasteiger partial charge in [-0.3, -0.25) is 0 Å². The molecular formula is C20H28O4SSi. The van der Waals surface area contributed by atoms with E-state index in [-0.39, 0.29) is 0 Å². The molecule has 6 heteroatoms. The van der Waals surface area contributed by atoms with Crippen LogP contribution in [0.2, 0.25) is 13.1 Å². The van der Waals surface area contributed by atoms with Crippen LogP contribution < -0.4 is 4.18 Å². The van der Waals surface area contributed by atoms with E-state index in [4.69, 9.17) is 8.61 Å². The first kappa shape index (κ1) is 20.7. The Morgan fingerprint density at radius 2 is 1.65 bits per heavy atom. The first-order chi connectivity index (χ1) is 12.4. The molecule has 0 aliphatic carbocycles. The van der Waals surface area contributed by atoms with Crippen molar-refractivity contribution in [2.24, 2.45) is 0 Å². The van der Waals surface area contributed by atoms with Crippen LogP contribution in [0.1, 0.15) is 42.4 Å². The molecule has 0 amide bonds. The lowest BCUT2D eigenvalue weighted by Crippen LogP contribution is -2.38. The Labute approximate surface area is 159 Å². The number of thiol groups is 1. The van der Waals surface area contributed by atoms with E-state index >= 15 is 0 Å². The van der Waals surface area contributed by atoms with Gasteiger partial charge >= 0.3 is 0 Å². The molecule has 26 heavy (non-hydrogen) atoms. The van der Waals surface area contributed by atoms with Crippen LogP contribution in [0.4, 0.5) is 0 Å². The number of hydrogen-bond acceptors (Lipinski definition) is 4. The third-order valence-corrected chi connectivity index (χ3v) is 8.75. The van der Waals surface area contributed by atoms with Gasteiger partial charge in [0.1, 0.15) is 5.75 Å². The van der Waals surface area contributed by atoms with Gasteiger partial charge in [-0.05, 0) is 55.1 Å². The summed E-state index contributed by atoms with van der Waals surface area (Å²) in [5.41, 5.74) is 2.75. The molecule has 4 nitrogen and oxygen atoms in total. The molecule has 0 aliphatic rings. The van der Waals surface area contributed by atoms with Gasteiger partial charge in [0.25, 0.3) is 11.0 Å². The summed E-state index contributed by atoms with van der Waals surface area (Å²) >= 11 is 0. The van der Waals surface area contributed by atoms with Crippen LogP contribution in [-0.2, 0) is 15.4 Å². The maximum absolute atomic E-state index is 10.9. The van der Waals surface area contributed by atoms with Crippen molar-refractivity contribution >= 4 is 19.3 Å². The van der Waals surface area contributed by atoms with Crippen LogP contribution in [0.3, 0.4) is 0 Å². The van der Waals surface area contributed by atoms with Gasteiger partial charge in [-0.2, -0.15) is 8.42 Å². The molecule has 0 spiro atoms. The zero-order valence-corrected chi connectivity index (χ0v) is 17.7. The highest BCUT2D eigenvalue weighted by atomic mass is 32.2. The van der Waals surface area contributed by atoms with Crippen molar-refractivity contribution in [3.8, 4) is 5.75 Å². The summed E-state index contributed by atoms with van der Waals surface area (Å²) in [4.78, 5) is 0. The standard InChI is InChI=1S/C20H28O4SSi/c1-5-16(18-12-9-13-19(14-18)24-25(21)22)15-20(26(3,4)23-2)17-10-7-6-8-11-17/h6-14,16,20,25H,5,15H2,1-4H3. The van der Waals surface area contributed by atoms with Crippen molar-refractivity contribution in [3.05, 3.63) is 65.7 Å². The minimum absolute atomic E-state index is 0.301. The molecule has 0 heterocycles. The smallest absolute Gasteiger partial charge is 0.299 e. The van der Waals surface area contributed by atoms with Crippen LogP contribution in [0.25, 0.3) is 0 Å². The zero-order valence-electron chi connectivity index (χ0n) is 15.8. The molecule has 0 aromatic heterocycles. The Kier molecular flexibility index (Phi) is 7.43. The van der Waals surface area contributed by atoms with E-state index in [1.54, 1.807) is 6.07 Å². The van der Waals surface area contributed by atoms with E-state index in [1.165, 1.54) is 5.56 Å². The molecule has 0 aliphatic heterocycles. The van der Waals surface area contributed by atoms with Gasteiger partial charge in [0, 0.05) is 12.7 Å². The van der Waals surface area contributed by atoms with Crippen molar-refractivity contribution < 1.29 is 17.0 Å². The van der Waals surface area contributed by atoms with Crippen molar-refractivity contribution in [3.63, 3.8) is 0 Å².